The summed E-state index contributed by atoms with van der Waals surface area (Å²) in [5.74, 6) is 0.217. The number of rotatable bonds is 7. The Morgan fingerprint density at radius 3 is 2.48 bits per heavy atom. The summed E-state index contributed by atoms with van der Waals surface area (Å²) in [6.45, 7) is -0.0774. The van der Waals surface area contributed by atoms with Crippen molar-refractivity contribution in [2.45, 2.75) is 5.75 Å². The molecule has 0 saturated heterocycles. The van der Waals surface area contributed by atoms with Crippen LogP contribution < -0.4 is 8.92 Å². The van der Waals surface area contributed by atoms with Gasteiger partial charge in [0, 0.05) is 0 Å². The van der Waals surface area contributed by atoms with Gasteiger partial charge in [0.25, 0.3) is 0 Å². The predicted octanol–water partition coefficient (Wildman–Crippen LogP) is 2.61. The lowest BCUT2D eigenvalue weighted by Gasteiger charge is -2.11. The van der Waals surface area contributed by atoms with Gasteiger partial charge in [-0.2, -0.15) is 8.42 Å². The number of hydrogen-bond acceptors (Lipinski definition) is 5. The van der Waals surface area contributed by atoms with E-state index in [4.69, 9.17) is 14.0 Å². The fourth-order valence-electron chi connectivity index (χ4n) is 1.99. The van der Waals surface area contributed by atoms with Crippen LogP contribution in [0.2, 0.25) is 0 Å². The van der Waals surface area contributed by atoms with Crippen molar-refractivity contribution in [2.24, 2.45) is 0 Å². The van der Waals surface area contributed by atoms with Crippen LogP contribution in [0.1, 0.15) is 11.1 Å². The van der Waals surface area contributed by atoms with E-state index in [2.05, 4.69) is 0 Å². The fraction of sp³-hybridized carbons (Fsp3) is 0.176. The molecule has 2 aromatic rings. The van der Waals surface area contributed by atoms with E-state index in [0.717, 1.165) is 5.56 Å². The Morgan fingerprint density at radius 2 is 1.83 bits per heavy atom. The van der Waals surface area contributed by atoms with Gasteiger partial charge in [-0.15, -0.1) is 0 Å². The van der Waals surface area contributed by atoms with Gasteiger partial charge in [-0.05, 0) is 23.3 Å². The number of ether oxygens (including phenoxy) is 1. The molecular weight excluding hydrogens is 316 g/mol. The Labute approximate surface area is 135 Å². The Kier molecular flexibility index (Phi) is 5.78. The summed E-state index contributed by atoms with van der Waals surface area (Å²) in [7, 11) is -2.35. The molecule has 23 heavy (non-hydrogen) atoms. The third-order valence-electron chi connectivity index (χ3n) is 3.01. The summed E-state index contributed by atoms with van der Waals surface area (Å²) in [4.78, 5) is 0. The molecule has 5 nitrogen and oxygen atoms in total. The molecule has 122 valence electrons. The molecule has 0 aliphatic heterocycles. The van der Waals surface area contributed by atoms with Crippen molar-refractivity contribution in [1.82, 2.24) is 0 Å². The molecule has 0 saturated carbocycles. The molecule has 0 fully saturated rings. The van der Waals surface area contributed by atoms with Gasteiger partial charge in [0.2, 0.25) is 0 Å². The molecule has 0 aromatic heterocycles. The Balaban J connectivity index is 2.19. The van der Waals surface area contributed by atoms with Crippen molar-refractivity contribution in [1.29, 1.82) is 0 Å². The molecule has 0 aliphatic carbocycles. The molecule has 0 atom stereocenters. The molecule has 0 amide bonds. The monoisotopic (exact) mass is 334 g/mol. The first-order valence-corrected chi connectivity index (χ1v) is 8.53. The van der Waals surface area contributed by atoms with E-state index in [9.17, 15) is 8.42 Å². The van der Waals surface area contributed by atoms with Gasteiger partial charge < -0.3 is 14.0 Å². The quantitative estimate of drug-likeness (QED) is 0.788. The van der Waals surface area contributed by atoms with Gasteiger partial charge in [-0.3, -0.25) is 0 Å². The first-order valence-electron chi connectivity index (χ1n) is 6.95. The number of benzene rings is 2. The molecule has 2 aromatic carbocycles. The normalized spacial score (nSPS) is 11.6. The number of hydrogen-bond donors (Lipinski definition) is 1. The van der Waals surface area contributed by atoms with Gasteiger partial charge in [-0.1, -0.05) is 48.6 Å². The Morgan fingerprint density at radius 1 is 1.09 bits per heavy atom. The first kappa shape index (κ1) is 17.1. The minimum atomic E-state index is -3.79. The van der Waals surface area contributed by atoms with Crippen LogP contribution in [-0.2, 0) is 15.9 Å². The highest BCUT2D eigenvalue weighted by Gasteiger charge is 2.17. The summed E-state index contributed by atoms with van der Waals surface area (Å²) in [5.41, 5.74) is 1.41. The van der Waals surface area contributed by atoms with Crippen molar-refractivity contribution in [2.75, 3.05) is 13.7 Å². The molecule has 0 unspecified atom stereocenters. The van der Waals surface area contributed by atoms with Gasteiger partial charge in [0.05, 0.1) is 13.7 Å². The summed E-state index contributed by atoms with van der Waals surface area (Å²) < 4.78 is 34.7. The van der Waals surface area contributed by atoms with Gasteiger partial charge >= 0.3 is 10.1 Å². The maximum atomic E-state index is 12.2. The van der Waals surface area contributed by atoms with Crippen LogP contribution in [0.5, 0.6) is 11.5 Å². The van der Waals surface area contributed by atoms with E-state index < -0.39 is 10.1 Å². The molecule has 0 aliphatic rings. The Bertz CT molecular complexity index is 767. The highest BCUT2D eigenvalue weighted by atomic mass is 32.2. The molecular formula is C17H18O5S. The average Bonchev–Trinajstić information content (AvgIpc) is 2.54. The van der Waals surface area contributed by atoms with Crippen LogP contribution in [0.25, 0.3) is 6.08 Å². The van der Waals surface area contributed by atoms with Gasteiger partial charge in [0.15, 0.2) is 11.5 Å². The largest absolute Gasteiger partial charge is 0.493 e. The molecule has 0 bridgehead atoms. The molecule has 2 rings (SSSR count). The van der Waals surface area contributed by atoms with E-state index in [-0.39, 0.29) is 18.1 Å². The van der Waals surface area contributed by atoms with E-state index in [0.29, 0.717) is 11.3 Å². The van der Waals surface area contributed by atoms with E-state index in [1.807, 2.05) is 6.07 Å². The lowest BCUT2D eigenvalue weighted by molar-refractivity contribution is 0.343. The molecule has 0 heterocycles. The standard InChI is InChI=1S/C17H18O5S/c1-21-17-12-14(8-5-11-18)9-10-16(17)22-23(19,20)13-15-6-3-2-4-7-15/h2-10,12,18H,11,13H2,1H3. The van der Waals surface area contributed by atoms with Gasteiger partial charge in [0.1, 0.15) is 5.75 Å². The third kappa shape index (κ3) is 5.12. The first-order chi connectivity index (χ1) is 11.0. The van der Waals surface area contributed by atoms with E-state index in [1.165, 1.54) is 13.2 Å². The third-order valence-corrected chi connectivity index (χ3v) is 4.13. The second-order valence-corrected chi connectivity index (χ2v) is 6.34. The van der Waals surface area contributed by atoms with Crippen molar-refractivity contribution in [3.8, 4) is 11.5 Å². The lowest BCUT2D eigenvalue weighted by atomic mass is 10.2. The summed E-state index contributed by atoms with van der Waals surface area (Å²) in [5, 5.41) is 8.78. The van der Waals surface area contributed by atoms with Crippen LogP contribution in [0.15, 0.2) is 54.6 Å². The smallest absolute Gasteiger partial charge is 0.313 e. The highest BCUT2D eigenvalue weighted by molar-refractivity contribution is 7.86. The average molecular weight is 334 g/mol. The molecule has 0 radical (unpaired) electrons. The lowest BCUT2D eigenvalue weighted by Crippen LogP contribution is -2.12. The van der Waals surface area contributed by atoms with Gasteiger partial charge in [-0.25, -0.2) is 0 Å². The Hall–Kier alpha value is -2.31. The van der Waals surface area contributed by atoms with E-state index in [1.54, 1.807) is 48.6 Å². The minimum absolute atomic E-state index is 0.0774. The predicted molar refractivity (Wildman–Crippen MR) is 88.8 cm³/mol. The van der Waals surface area contributed by atoms with Crippen LogP contribution in [0.3, 0.4) is 0 Å². The summed E-state index contributed by atoms with van der Waals surface area (Å²) in [6.07, 6.45) is 3.27. The fourth-order valence-corrected chi connectivity index (χ4v) is 3.06. The van der Waals surface area contributed by atoms with Crippen molar-refractivity contribution in [3.05, 3.63) is 65.7 Å². The van der Waals surface area contributed by atoms with E-state index >= 15 is 0 Å². The molecule has 1 N–H and O–H groups in total. The number of methoxy groups -OCH3 is 1. The number of aliphatic hydroxyl groups is 1. The molecule has 6 heteroatoms. The zero-order chi connectivity index (χ0) is 16.7. The van der Waals surface area contributed by atoms with Crippen LogP contribution in [0, 0.1) is 0 Å². The minimum Gasteiger partial charge on any atom is -0.493 e. The highest BCUT2D eigenvalue weighted by Crippen LogP contribution is 2.30. The van der Waals surface area contributed by atoms with Crippen molar-refractivity contribution < 1.29 is 22.4 Å². The molecule has 0 spiro atoms. The maximum absolute atomic E-state index is 12.2. The summed E-state index contributed by atoms with van der Waals surface area (Å²) in [6, 6.07) is 13.7. The van der Waals surface area contributed by atoms with Crippen LogP contribution in [0.4, 0.5) is 0 Å². The van der Waals surface area contributed by atoms with Crippen LogP contribution >= 0.6 is 0 Å². The second kappa shape index (κ2) is 7.80. The maximum Gasteiger partial charge on any atom is 0.313 e. The van der Waals surface area contributed by atoms with Crippen molar-refractivity contribution in [3.63, 3.8) is 0 Å². The zero-order valence-corrected chi connectivity index (χ0v) is 13.5. The topological polar surface area (TPSA) is 72.8 Å². The summed E-state index contributed by atoms with van der Waals surface area (Å²) >= 11 is 0. The zero-order valence-electron chi connectivity index (χ0n) is 12.7. The SMILES string of the molecule is COc1cc(C=CCO)ccc1OS(=O)(=O)Cc1ccccc1. The number of aliphatic hydroxyl groups excluding tert-OH is 1. The second-order valence-electron chi connectivity index (χ2n) is 4.77. The van der Waals surface area contributed by atoms with Crippen LogP contribution in [-0.4, -0.2) is 27.2 Å². The van der Waals surface area contributed by atoms with Crippen molar-refractivity contribution >= 4 is 16.2 Å².